The number of hydrogen-bond acceptors (Lipinski definition) is 4. The second kappa shape index (κ2) is 9.06. The quantitative estimate of drug-likeness (QED) is 0.582. The van der Waals surface area contributed by atoms with Crippen LogP contribution in [0.5, 0.6) is 5.75 Å². The first-order valence-corrected chi connectivity index (χ1v) is 10.1. The number of pyridine rings is 1. The smallest absolute Gasteiger partial charge is 0.403 e. The number of rotatable bonds is 4. The first kappa shape index (κ1) is 26.3. The second-order valence-corrected chi connectivity index (χ2v) is 8.07. The summed E-state index contributed by atoms with van der Waals surface area (Å²) in [7, 11) is 0. The molecule has 2 atom stereocenters. The molecular weight excluding hydrogens is 513 g/mol. The van der Waals surface area contributed by atoms with Crippen molar-refractivity contribution in [3.8, 4) is 5.75 Å². The number of halogens is 8. The highest BCUT2D eigenvalue weighted by atomic mass is 35.5. The first-order chi connectivity index (χ1) is 16.1. The van der Waals surface area contributed by atoms with Gasteiger partial charge in [-0.15, -0.1) is 13.2 Å². The SMILES string of the molecule is CC1([C@H](c2ccc(OC(F)(F)F)c(F)c2)c2cnc(C(F)(F)F)c(Cl)c2)C(=O)NCCN1C(N)=O. The van der Waals surface area contributed by atoms with Crippen molar-refractivity contribution in [3.05, 3.63) is 58.1 Å². The van der Waals surface area contributed by atoms with Gasteiger partial charge in [0.1, 0.15) is 5.54 Å². The molecule has 0 saturated carbocycles. The van der Waals surface area contributed by atoms with E-state index in [1.54, 1.807) is 0 Å². The average molecular weight is 529 g/mol. The van der Waals surface area contributed by atoms with Crippen molar-refractivity contribution in [3.63, 3.8) is 0 Å². The molecule has 3 rings (SSSR count). The molecule has 1 aliphatic rings. The van der Waals surface area contributed by atoms with Crippen LogP contribution in [0.1, 0.15) is 29.7 Å². The summed E-state index contributed by atoms with van der Waals surface area (Å²) in [5, 5.41) is 1.64. The lowest BCUT2D eigenvalue weighted by atomic mass is 9.73. The van der Waals surface area contributed by atoms with Crippen LogP contribution in [0.15, 0.2) is 30.5 Å². The minimum atomic E-state index is -5.20. The maximum Gasteiger partial charge on any atom is 0.573 e. The topological polar surface area (TPSA) is 97.6 Å². The van der Waals surface area contributed by atoms with E-state index in [0.717, 1.165) is 23.2 Å². The van der Waals surface area contributed by atoms with E-state index >= 15 is 0 Å². The zero-order valence-electron chi connectivity index (χ0n) is 17.6. The number of carbonyl (C=O) groups excluding carboxylic acids is 2. The van der Waals surface area contributed by atoms with Crippen molar-refractivity contribution in [1.82, 2.24) is 15.2 Å². The summed E-state index contributed by atoms with van der Waals surface area (Å²) in [6, 6.07) is 1.95. The molecule has 1 aromatic carbocycles. The summed E-state index contributed by atoms with van der Waals surface area (Å²) in [6.45, 7) is 1.09. The zero-order chi connectivity index (χ0) is 26.3. The summed E-state index contributed by atoms with van der Waals surface area (Å²) < 4.78 is 95.3. The number of ether oxygens (including phenoxy) is 1. The number of nitrogens with one attached hydrogen (secondary N) is 1. The van der Waals surface area contributed by atoms with E-state index in [4.69, 9.17) is 17.3 Å². The lowest BCUT2D eigenvalue weighted by Crippen LogP contribution is -2.68. The standard InChI is InChI=1S/C20H16ClF7N4O3/c1-18(16(33)30-4-5-32(18)17(29)34)14(10-6-11(21)15(31-8-10)19(23,24)25)9-2-3-13(12(22)7-9)35-20(26,27)28/h2-3,6-8,14H,4-5H2,1H3,(H2,29,34)(H,30,33)/t14-,18?/m1/s1. The Balaban J connectivity index is 2.24. The van der Waals surface area contributed by atoms with Gasteiger partial charge in [0.2, 0.25) is 5.91 Å². The number of hydrogen-bond donors (Lipinski definition) is 2. The van der Waals surface area contributed by atoms with Crippen molar-refractivity contribution >= 4 is 23.5 Å². The van der Waals surface area contributed by atoms with Gasteiger partial charge < -0.3 is 20.7 Å². The summed E-state index contributed by atoms with van der Waals surface area (Å²) in [4.78, 5) is 29.4. The number of alkyl halides is 6. The van der Waals surface area contributed by atoms with Crippen molar-refractivity contribution in [1.29, 1.82) is 0 Å². The molecule has 3 amide bonds. The highest BCUT2D eigenvalue weighted by Gasteiger charge is 2.52. The minimum absolute atomic E-state index is 0.0111. The normalized spacial score (nSPS) is 19.8. The number of nitrogens with two attached hydrogens (primary N) is 1. The van der Waals surface area contributed by atoms with Crippen LogP contribution in [0.25, 0.3) is 0 Å². The third kappa shape index (κ3) is 5.21. The fraction of sp³-hybridized carbons (Fsp3) is 0.350. The van der Waals surface area contributed by atoms with E-state index in [0.29, 0.717) is 12.1 Å². The van der Waals surface area contributed by atoms with Crippen LogP contribution < -0.4 is 15.8 Å². The van der Waals surface area contributed by atoms with Crippen LogP contribution in [0, 0.1) is 5.82 Å². The Bertz CT molecular complexity index is 1160. The summed E-state index contributed by atoms with van der Waals surface area (Å²) >= 11 is 5.79. The van der Waals surface area contributed by atoms with Gasteiger partial charge in [0.05, 0.1) is 5.02 Å². The molecule has 2 heterocycles. The van der Waals surface area contributed by atoms with Crippen molar-refractivity contribution < 1.29 is 45.1 Å². The molecule has 0 radical (unpaired) electrons. The van der Waals surface area contributed by atoms with Crippen molar-refractivity contribution in [2.24, 2.45) is 5.73 Å². The van der Waals surface area contributed by atoms with Gasteiger partial charge in [-0.2, -0.15) is 13.2 Å². The molecule has 3 N–H and O–H groups in total. The van der Waals surface area contributed by atoms with Crippen molar-refractivity contribution in [2.45, 2.75) is 30.9 Å². The highest BCUT2D eigenvalue weighted by molar-refractivity contribution is 6.31. The number of urea groups is 1. The number of amides is 3. The summed E-state index contributed by atoms with van der Waals surface area (Å²) in [5.74, 6) is -4.94. The molecule has 0 bridgehead atoms. The lowest BCUT2D eigenvalue weighted by molar-refractivity contribution is -0.275. The summed E-state index contributed by atoms with van der Waals surface area (Å²) in [5.41, 5.74) is 1.67. The van der Waals surface area contributed by atoms with E-state index in [1.165, 1.54) is 6.92 Å². The molecule has 1 aliphatic heterocycles. The molecule has 1 fully saturated rings. The van der Waals surface area contributed by atoms with Crippen molar-refractivity contribution in [2.75, 3.05) is 13.1 Å². The molecule has 7 nitrogen and oxygen atoms in total. The third-order valence-electron chi connectivity index (χ3n) is 5.45. The monoisotopic (exact) mass is 528 g/mol. The Hall–Kier alpha value is -3.29. The van der Waals surface area contributed by atoms with Crippen LogP contribution in [0.2, 0.25) is 5.02 Å². The lowest BCUT2D eigenvalue weighted by Gasteiger charge is -2.47. The molecule has 2 aromatic rings. The molecule has 1 unspecified atom stereocenters. The van der Waals surface area contributed by atoms with E-state index < -0.39 is 58.2 Å². The van der Waals surface area contributed by atoms with Gasteiger partial charge in [-0.1, -0.05) is 17.7 Å². The maximum atomic E-state index is 14.6. The molecule has 35 heavy (non-hydrogen) atoms. The molecule has 0 aliphatic carbocycles. The molecule has 190 valence electrons. The predicted molar refractivity (Wildman–Crippen MR) is 107 cm³/mol. The predicted octanol–water partition coefficient (Wildman–Crippen LogP) is 4.19. The minimum Gasteiger partial charge on any atom is -0.403 e. The third-order valence-corrected chi connectivity index (χ3v) is 5.74. The van der Waals surface area contributed by atoms with Crippen LogP contribution in [-0.2, 0) is 11.0 Å². The van der Waals surface area contributed by atoms with Gasteiger partial charge in [-0.3, -0.25) is 9.78 Å². The second-order valence-electron chi connectivity index (χ2n) is 7.66. The Morgan fingerprint density at radius 3 is 2.40 bits per heavy atom. The Kier molecular flexibility index (Phi) is 6.81. The van der Waals surface area contributed by atoms with E-state index in [2.05, 4.69) is 15.0 Å². The molecule has 0 spiro atoms. The fourth-order valence-electron chi connectivity index (χ4n) is 4.01. The molecule has 15 heteroatoms. The van der Waals surface area contributed by atoms with E-state index in [9.17, 15) is 40.3 Å². The fourth-order valence-corrected chi connectivity index (χ4v) is 4.29. The van der Waals surface area contributed by atoms with Crippen LogP contribution >= 0.6 is 11.6 Å². The first-order valence-electron chi connectivity index (χ1n) is 9.69. The number of primary amides is 1. The molecular formula is C20H16ClF7N4O3. The van der Waals surface area contributed by atoms with Gasteiger partial charge in [0, 0.05) is 25.2 Å². The van der Waals surface area contributed by atoms with Gasteiger partial charge in [0.25, 0.3) is 0 Å². The van der Waals surface area contributed by atoms with E-state index in [-0.39, 0.29) is 24.2 Å². The van der Waals surface area contributed by atoms with E-state index in [1.807, 2.05) is 0 Å². The van der Waals surface area contributed by atoms with Gasteiger partial charge in [-0.05, 0) is 36.2 Å². The zero-order valence-corrected chi connectivity index (χ0v) is 18.4. The number of nitrogens with zero attached hydrogens (tertiary/aromatic N) is 2. The number of aromatic nitrogens is 1. The maximum absolute atomic E-state index is 14.6. The Morgan fingerprint density at radius 1 is 1.23 bits per heavy atom. The largest absolute Gasteiger partial charge is 0.573 e. The van der Waals surface area contributed by atoms with Gasteiger partial charge in [-0.25, -0.2) is 9.18 Å². The molecule has 1 aromatic heterocycles. The average Bonchev–Trinajstić information content (AvgIpc) is 2.70. The number of carbonyl (C=O) groups is 2. The van der Waals surface area contributed by atoms with Gasteiger partial charge in [0.15, 0.2) is 17.3 Å². The Labute approximate surface area is 198 Å². The summed E-state index contributed by atoms with van der Waals surface area (Å²) in [6.07, 6.45) is -9.40. The van der Waals surface area contributed by atoms with Crippen LogP contribution in [0.4, 0.5) is 35.5 Å². The Morgan fingerprint density at radius 2 is 1.89 bits per heavy atom. The number of benzene rings is 1. The molecule has 1 saturated heterocycles. The van der Waals surface area contributed by atoms with Crippen LogP contribution in [0.3, 0.4) is 0 Å². The number of piperazine rings is 1. The highest BCUT2D eigenvalue weighted by Crippen LogP contribution is 2.43. The van der Waals surface area contributed by atoms with Gasteiger partial charge >= 0.3 is 18.6 Å². The van der Waals surface area contributed by atoms with Crippen LogP contribution in [-0.4, -0.2) is 46.8 Å².